The Hall–Kier alpha value is -2.70. The molecule has 0 aliphatic heterocycles. The van der Waals surface area contributed by atoms with Crippen LogP contribution in [-0.2, 0) is 6.54 Å². The molecular weight excluding hydrogens is 270 g/mol. The van der Waals surface area contributed by atoms with Crippen molar-refractivity contribution in [3.63, 3.8) is 0 Å². The summed E-state index contributed by atoms with van der Waals surface area (Å²) in [5.74, 6) is 0.607. The van der Waals surface area contributed by atoms with Gasteiger partial charge in [0.25, 0.3) is 0 Å². The predicted octanol–water partition coefficient (Wildman–Crippen LogP) is 2.82. The molecule has 0 aliphatic carbocycles. The minimum absolute atomic E-state index is 0.132. The number of aromatic nitrogens is 2. The number of nitro groups is 1. The molecule has 0 saturated heterocycles. The van der Waals surface area contributed by atoms with Crippen LogP contribution in [-0.4, -0.2) is 21.4 Å². The smallest absolute Gasteiger partial charge is 0.329 e. The number of benzene rings is 1. The first kappa shape index (κ1) is 14.7. The molecule has 0 saturated carbocycles. The maximum atomic E-state index is 11.0. The van der Waals surface area contributed by atoms with E-state index in [0.29, 0.717) is 12.5 Å². The number of hydrogen-bond donors (Lipinski definition) is 2. The summed E-state index contributed by atoms with van der Waals surface area (Å²) in [5.41, 5.74) is 0.890. The number of hydrogen-bond acceptors (Lipinski definition) is 6. The lowest BCUT2D eigenvalue weighted by Crippen LogP contribution is -2.09. The van der Waals surface area contributed by atoms with Crippen molar-refractivity contribution in [1.29, 1.82) is 0 Å². The lowest BCUT2D eigenvalue weighted by atomic mass is 10.2. The van der Waals surface area contributed by atoms with Gasteiger partial charge >= 0.3 is 5.69 Å². The molecule has 21 heavy (non-hydrogen) atoms. The second-order valence-corrected chi connectivity index (χ2v) is 4.45. The first-order valence-corrected chi connectivity index (χ1v) is 6.73. The Morgan fingerprint density at radius 1 is 1.24 bits per heavy atom. The Bertz CT molecular complexity index is 604. The molecule has 7 heteroatoms. The molecule has 110 valence electrons. The summed E-state index contributed by atoms with van der Waals surface area (Å²) in [5, 5.41) is 17.0. The van der Waals surface area contributed by atoms with Crippen molar-refractivity contribution in [3.05, 3.63) is 52.2 Å². The van der Waals surface area contributed by atoms with Crippen LogP contribution < -0.4 is 10.6 Å². The largest absolute Gasteiger partial charge is 0.360 e. The van der Waals surface area contributed by atoms with Crippen LogP contribution in [0, 0.1) is 10.1 Å². The van der Waals surface area contributed by atoms with Gasteiger partial charge in [0.05, 0.1) is 4.92 Å². The van der Waals surface area contributed by atoms with Crippen molar-refractivity contribution in [2.45, 2.75) is 19.9 Å². The lowest BCUT2D eigenvalue weighted by molar-refractivity contribution is -0.384. The Labute approximate surface area is 122 Å². The second-order valence-electron chi connectivity index (χ2n) is 4.45. The molecule has 0 spiro atoms. The SMILES string of the molecule is CCCNc1ncc([N+](=O)[O-])c(NCc2ccccc2)n1. The van der Waals surface area contributed by atoms with Gasteiger partial charge in [0, 0.05) is 13.1 Å². The third kappa shape index (κ3) is 4.13. The summed E-state index contributed by atoms with van der Waals surface area (Å²) in [7, 11) is 0. The quantitative estimate of drug-likeness (QED) is 0.601. The Balaban J connectivity index is 2.16. The molecule has 0 fully saturated rings. The Kier molecular flexibility index (Phi) is 5.03. The third-order valence-electron chi connectivity index (χ3n) is 2.80. The molecule has 0 bridgehead atoms. The van der Waals surface area contributed by atoms with E-state index in [1.54, 1.807) is 0 Å². The average Bonchev–Trinajstić information content (AvgIpc) is 2.51. The van der Waals surface area contributed by atoms with E-state index >= 15 is 0 Å². The maximum absolute atomic E-state index is 11.0. The van der Waals surface area contributed by atoms with Crippen LogP contribution >= 0.6 is 0 Å². The summed E-state index contributed by atoms with van der Waals surface area (Å²) in [6, 6.07) is 9.63. The summed E-state index contributed by atoms with van der Waals surface area (Å²) < 4.78 is 0. The molecule has 0 radical (unpaired) electrons. The van der Waals surface area contributed by atoms with E-state index in [-0.39, 0.29) is 11.5 Å². The van der Waals surface area contributed by atoms with Gasteiger partial charge in [-0.3, -0.25) is 10.1 Å². The van der Waals surface area contributed by atoms with E-state index in [2.05, 4.69) is 20.6 Å². The standard InChI is InChI=1S/C14H17N5O2/c1-2-8-15-14-17-10-12(19(20)21)13(18-14)16-9-11-6-4-3-5-7-11/h3-7,10H,2,8-9H2,1H3,(H2,15,16,17,18). The van der Waals surface area contributed by atoms with Crippen molar-refractivity contribution >= 4 is 17.5 Å². The van der Waals surface area contributed by atoms with Gasteiger partial charge in [0.2, 0.25) is 11.8 Å². The molecule has 2 rings (SSSR count). The van der Waals surface area contributed by atoms with Crippen LogP contribution in [0.5, 0.6) is 0 Å². The van der Waals surface area contributed by atoms with Crippen molar-refractivity contribution in [1.82, 2.24) is 9.97 Å². The molecule has 2 N–H and O–H groups in total. The highest BCUT2D eigenvalue weighted by molar-refractivity contribution is 5.57. The Morgan fingerprint density at radius 2 is 2.00 bits per heavy atom. The van der Waals surface area contributed by atoms with E-state index in [1.807, 2.05) is 37.3 Å². The summed E-state index contributed by atoms with van der Waals surface area (Å²) in [4.78, 5) is 18.7. The van der Waals surface area contributed by atoms with E-state index in [1.165, 1.54) is 6.20 Å². The number of anilines is 2. The van der Waals surface area contributed by atoms with Crippen LogP contribution in [0.1, 0.15) is 18.9 Å². The molecule has 2 aromatic rings. The molecule has 1 heterocycles. The van der Waals surface area contributed by atoms with Crippen molar-refractivity contribution in [2.24, 2.45) is 0 Å². The highest BCUT2D eigenvalue weighted by atomic mass is 16.6. The Morgan fingerprint density at radius 3 is 2.67 bits per heavy atom. The zero-order valence-corrected chi connectivity index (χ0v) is 11.7. The molecular formula is C14H17N5O2. The van der Waals surface area contributed by atoms with E-state index in [4.69, 9.17) is 0 Å². The zero-order valence-electron chi connectivity index (χ0n) is 11.7. The van der Waals surface area contributed by atoms with Gasteiger partial charge < -0.3 is 10.6 Å². The maximum Gasteiger partial charge on any atom is 0.329 e. The summed E-state index contributed by atoms with van der Waals surface area (Å²) in [6.45, 7) is 3.20. The first-order chi connectivity index (χ1) is 10.2. The van der Waals surface area contributed by atoms with Gasteiger partial charge in [-0.2, -0.15) is 4.98 Å². The predicted molar refractivity (Wildman–Crippen MR) is 81.2 cm³/mol. The number of nitrogens with one attached hydrogen (secondary N) is 2. The molecule has 1 aromatic heterocycles. The molecule has 0 unspecified atom stereocenters. The highest BCUT2D eigenvalue weighted by Gasteiger charge is 2.16. The minimum atomic E-state index is -0.489. The van der Waals surface area contributed by atoms with Crippen molar-refractivity contribution < 1.29 is 4.92 Å². The number of nitrogens with zero attached hydrogens (tertiary/aromatic N) is 3. The van der Waals surface area contributed by atoms with Crippen LogP contribution in [0.3, 0.4) is 0 Å². The number of rotatable bonds is 7. The van der Waals surface area contributed by atoms with Crippen molar-refractivity contribution in [3.8, 4) is 0 Å². The van der Waals surface area contributed by atoms with Gasteiger partial charge in [-0.05, 0) is 12.0 Å². The van der Waals surface area contributed by atoms with E-state index < -0.39 is 4.92 Å². The molecule has 0 atom stereocenters. The summed E-state index contributed by atoms with van der Waals surface area (Å²) in [6.07, 6.45) is 2.14. The first-order valence-electron chi connectivity index (χ1n) is 6.73. The van der Waals surface area contributed by atoms with E-state index in [9.17, 15) is 10.1 Å². The normalized spacial score (nSPS) is 10.1. The average molecular weight is 287 g/mol. The second kappa shape index (κ2) is 7.18. The molecule has 7 nitrogen and oxygen atoms in total. The van der Waals surface area contributed by atoms with Crippen LogP contribution in [0.25, 0.3) is 0 Å². The lowest BCUT2D eigenvalue weighted by Gasteiger charge is -2.08. The molecule has 0 amide bonds. The fourth-order valence-electron chi connectivity index (χ4n) is 1.74. The fourth-order valence-corrected chi connectivity index (χ4v) is 1.74. The van der Waals surface area contributed by atoms with Crippen LogP contribution in [0.15, 0.2) is 36.5 Å². The molecule has 1 aromatic carbocycles. The topological polar surface area (TPSA) is 93.0 Å². The van der Waals surface area contributed by atoms with Crippen molar-refractivity contribution in [2.75, 3.05) is 17.2 Å². The van der Waals surface area contributed by atoms with Gasteiger partial charge in [-0.25, -0.2) is 4.98 Å². The third-order valence-corrected chi connectivity index (χ3v) is 2.80. The summed E-state index contributed by atoms with van der Waals surface area (Å²) >= 11 is 0. The van der Waals surface area contributed by atoms with E-state index in [0.717, 1.165) is 18.5 Å². The molecule has 0 aliphatic rings. The van der Waals surface area contributed by atoms with Crippen LogP contribution in [0.4, 0.5) is 17.5 Å². The van der Waals surface area contributed by atoms with Gasteiger partial charge in [0.1, 0.15) is 6.20 Å². The minimum Gasteiger partial charge on any atom is -0.360 e. The van der Waals surface area contributed by atoms with Crippen LogP contribution in [0.2, 0.25) is 0 Å². The highest BCUT2D eigenvalue weighted by Crippen LogP contribution is 2.22. The monoisotopic (exact) mass is 287 g/mol. The fraction of sp³-hybridized carbons (Fsp3) is 0.286. The van der Waals surface area contributed by atoms with Gasteiger partial charge in [-0.1, -0.05) is 37.3 Å². The van der Waals surface area contributed by atoms with Gasteiger partial charge in [0.15, 0.2) is 0 Å². The van der Waals surface area contributed by atoms with Gasteiger partial charge in [-0.15, -0.1) is 0 Å². The zero-order chi connectivity index (χ0) is 15.1.